The van der Waals surface area contributed by atoms with Crippen molar-refractivity contribution in [2.24, 2.45) is 5.92 Å². The van der Waals surface area contributed by atoms with Gasteiger partial charge in [-0.3, -0.25) is 4.79 Å². The van der Waals surface area contributed by atoms with Crippen LogP contribution in [0.1, 0.15) is 71.0 Å². The van der Waals surface area contributed by atoms with E-state index in [4.69, 9.17) is 4.74 Å². The van der Waals surface area contributed by atoms with Crippen LogP contribution in [0.25, 0.3) is 0 Å². The Hall–Kier alpha value is -0.760. The van der Waals surface area contributed by atoms with Crippen molar-refractivity contribution in [3.05, 3.63) is 21.4 Å². The molecule has 0 bridgehead atoms. The molecule has 0 aromatic carbocycles. The number of halogens is 3. The molecular weight excluding hydrogens is 418 g/mol. The molecular formula is C21H31ClF2N2O2S. The highest BCUT2D eigenvalue weighted by molar-refractivity contribution is 7.14. The first-order valence-electron chi connectivity index (χ1n) is 10.5. The second-order valence-corrected chi connectivity index (χ2v) is 9.89. The number of rotatable bonds is 6. The molecule has 1 amide bonds. The van der Waals surface area contributed by atoms with Crippen molar-refractivity contribution in [3.63, 3.8) is 0 Å². The van der Waals surface area contributed by atoms with Crippen LogP contribution < -0.4 is 10.6 Å². The minimum Gasteiger partial charge on any atom is -0.381 e. The molecule has 2 unspecified atom stereocenters. The maximum atomic E-state index is 13.3. The molecule has 2 atom stereocenters. The van der Waals surface area contributed by atoms with E-state index >= 15 is 0 Å². The van der Waals surface area contributed by atoms with E-state index in [0.29, 0.717) is 35.6 Å². The molecule has 3 fully saturated rings. The number of alkyl halides is 2. The predicted molar refractivity (Wildman–Crippen MR) is 114 cm³/mol. The number of carbonyl (C=O) groups is 1. The summed E-state index contributed by atoms with van der Waals surface area (Å²) in [5.74, 6) is -1.47. The molecule has 1 saturated heterocycles. The molecule has 2 heterocycles. The van der Waals surface area contributed by atoms with Crippen molar-refractivity contribution in [2.75, 3.05) is 19.8 Å². The zero-order chi connectivity index (χ0) is 19.7. The van der Waals surface area contributed by atoms with Gasteiger partial charge in [-0.2, -0.15) is 0 Å². The molecule has 4 rings (SSSR count). The number of amides is 1. The average Bonchev–Trinajstić information content (AvgIpc) is 3.35. The van der Waals surface area contributed by atoms with Crippen LogP contribution in [-0.2, 0) is 4.74 Å². The monoisotopic (exact) mass is 448 g/mol. The molecule has 0 radical (unpaired) electrons. The molecule has 1 aromatic rings. The smallest absolute Gasteiger partial charge is 0.261 e. The van der Waals surface area contributed by atoms with Gasteiger partial charge >= 0.3 is 0 Å². The van der Waals surface area contributed by atoms with Crippen molar-refractivity contribution in [3.8, 4) is 0 Å². The van der Waals surface area contributed by atoms with Crippen LogP contribution in [0.15, 0.2) is 6.07 Å². The third kappa shape index (κ3) is 5.90. The number of thiophene rings is 1. The summed E-state index contributed by atoms with van der Waals surface area (Å²) in [6.45, 7) is 4.88. The SMILES string of the molecule is Cc1sc(C(=O)NC2CCC(F)(F)CC2)cc1C1CC1NCC1CCOCC1.Cl. The van der Waals surface area contributed by atoms with Crippen LogP contribution >= 0.6 is 23.7 Å². The van der Waals surface area contributed by atoms with Gasteiger partial charge in [0.2, 0.25) is 5.92 Å². The van der Waals surface area contributed by atoms with Gasteiger partial charge in [-0.1, -0.05) is 0 Å². The molecule has 3 aliphatic rings. The van der Waals surface area contributed by atoms with Crippen molar-refractivity contribution in [1.82, 2.24) is 10.6 Å². The fourth-order valence-corrected chi connectivity index (χ4v) is 5.45. The second-order valence-electron chi connectivity index (χ2n) is 8.64. The lowest BCUT2D eigenvalue weighted by atomic mass is 9.92. The van der Waals surface area contributed by atoms with E-state index in [1.165, 1.54) is 21.8 Å². The van der Waals surface area contributed by atoms with Crippen molar-refractivity contribution < 1.29 is 18.3 Å². The first-order valence-corrected chi connectivity index (χ1v) is 11.3. The lowest BCUT2D eigenvalue weighted by molar-refractivity contribution is -0.0399. The summed E-state index contributed by atoms with van der Waals surface area (Å²) < 4.78 is 32.0. The summed E-state index contributed by atoms with van der Waals surface area (Å²) >= 11 is 1.52. The highest BCUT2D eigenvalue weighted by Crippen LogP contribution is 2.45. The van der Waals surface area contributed by atoms with E-state index in [0.717, 1.165) is 39.0 Å². The zero-order valence-electron chi connectivity index (χ0n) is 16.8. The van der Waals surface area contributed by atoms with E-state index < -0.39 is 5.92 Å². The Labute approximate surface area is 181 Å². The number of hydrogen-bond acceptors (Lipinski definition) is 4. The minimum absolute atomic E-state index is 0. The third-order valence-corrected chi connectivity index (χ3v) is 7.50. The van der Waals surface area contributed by atoms with Gasteiger partial charge in [-0.15, -0.1) is 23.7 Å². The molecule has 0 spiro atoms. The maximum Gasteiger partial charge on any atom is 0.261 e. The van der Waals surface area contributed by atoms with Gasteiger partial charge < -0.3 is 15.4 Å². The van der Waals surface area contributed by atoms with Crippen molar-refractivity contribution in [2.45, 2.75) is 75.8 Å². The summed E-state index contributed by atoms with van der Waals surface area (Å²) in [6.07, 6.45) is 3.86. The van der Waals surface area contributed by atoms with Crippen molar-refractivity contribution >= 4 is 29.7 Å². The van der Waals surface area contributed by atoms with Crippen LogP contribution in [0.2, 0.25) is 0 Å². The van der Waals surface area contributed by atoms with Crippen LogP contribution in [0.4, 0.5) is 8.78 Å². The normalized spacial score (nSPS) is 27.3. The Kier molecular flexibility index (Phi) is 7.57. The quantitative estimate of drug-likeness (QED) is 0.665. The first kappa shape index (κ1) is 22.9. The lowest BCUT2D eigenvalue weighted by Crippen LogP contribution is -2.40. The molecule has 164 valence electrons. The molecule has 4 nitrogen and oxygen atoms in total. The van der Waals surface area contributed by atoms with Crippen LogP contribution in [-0.4, -0.2) is 43.7 Å². The topological polar surface area (TPSA) is 50.4 Å². The Morgan fingerprint density at radius 3 is 2.62 bits per heavy atom. The fourth-order valence-electron chi connectivity index (χ4n) is 4.45. The predicted octanol–water partition coefficient (Wildman–Crippen LogP) is 4.66. The van der Waals surface area contributed by atoms with Crippen LogP contribution in [0.5, 0.6) is 0 Å². The van der Waals surface area contributed by atoms with Gasteiger partial charge in [-0.05, 0) is 63.1 Å². The molecule has 8 heteroatoms. The standard InChI is InChI=1S/C21H30F2N2O2S.ClH/c1-13-16(17-10-18(17)24-12-14-4-8-27-9-5-14)11-19(28-13)20(26)25-15-2-6-21(22,23)7-3-15;/h11,14-15,17-18,24H,2-10,12H2,1H3,(H,25,26);1H. The van der Waals surface area contributed by atoms with Crippen molar-refractivity contribution in [1.29, 1.82) is 0 Å². The molecule has 1 aromatic heterocycles. The first-order chi connectivity index (χ1) is 13.4. The van der Waals surface area contributed by atoms with E-state index in [1.54, 1.807) is 0 Å². The number of aryl methyl sites for hydroxylation is 1. The Morgan fingerprint density at radius 2 is 1.93 bits per heavy atom. The number of ether oxygens (including phenoxy) is 1. The molecule has 2 N–H and O–H groups in total. The Morgan fingerprint density at radius 1 is 1.24 bits per heavy atom. The number of carbonyl (C=O) groups excluding carboxylic acids is 1. The highest BCUT2D eigenvalue weighted by Gasteiger charge is 2.40. The van der Waals surface area contributed by atoms with Gasteiger partial charge in [0, 0.05) is 48.9 Å². The Balaban J connectivity index is 0.00000240. The summed E-state index contributed by atoms with van der Waals surface area (Å²) in [5, 5.41) is 6.65. The van der Waals surface area contributed by atoms with Gasteiger partial charge in [0.1, 0.15) is 0 Å². The second kappa shape index (κ2) is 9.58. The van der Waals surface area contributed by atoms with Gasteiger partial charge in [0.15, 0.2) is 0 Å². The van der Waals surface area contributed by atoms with Crippen LogP contribution in [0, 0.1) is 12.8 Å². The summed E-state index contributed by atoms with van der Waals surface area (Å²) in [7, 11) is 0. The zero-order valence-corrected chi connectivity index (χ0v) is 18.5. The number of hydrogen-bond donors (Lipinski definition) is 2. The molecule has 2 saturated carbocycles. The largest absolute Gasteiger partial charge is 0.381 e. The summed E-state index contributed by atoms with van der Waals surface area (Å²) in [5.41, 5.74) is 1.27. The fraction of sp³-hybridized carbons (Fsp3) is 0.762. The third-order valence-electron chi connectivity index (χ3n) is 6.43. The van der Waals surface area contributed by atoms with E-state index in [1.807, 2.05) is 6.07 Å². The number of nitrogens with one attached hydrogen (secondary N) is 2. The summed E-state index contributed by atoms with van der Waals surface area (Å²) in [6, 6.07) is 2.40. The molecule has 29 heavy (non-hydrogen) atoms. The molecule has 1 aliphatic heterocycles. The Bertz CT molecular complexity index is 699. The van der Waals surface area contributed by atoms with Crippen LogP contribution in [0.3, 0.4) is 0 Å². The molecule has 2 aliphatic carbocycles. The average molecular weight is 449 g/mol. The maximum absolute atomic E-state index is 13.3. The lowest BCUT2D eigenvalue weighted by Gasteiger charge is -2.28. The summed E-state index contributed by atoms with van der Waals surface area (Å²) in [4.78, 5) is 14.5. The minimum atomic E-state index is -2.56. The van der Waals surface area contributed by atoms with Gasteiger partial charge in [-0.25, -0.2) is 8.78 Å². The van der Waals surface area contributed by atoms with E-state index in [-0.39, 0.29) is 37.2 Å². The highest BCUT2D eigenvalue weighted by atomic mass is 35.5. The van der Waals surface area contributed by atoms with Gasteiger partial charge in [0.25, 0.3) is 5.91 Å². The van der Waals surface area contributed by atoms with E-state index in [9.17, 15) is 13.6 Å². The van der Waals surface area contributed by atoms with E-state index in [2.05, 4.69) is 17.6 Å². The van der Waals surface area contributed by atoms with Gasteiger partial charge in [0.05, 0.1) is 4.88 Å².